The first-order valence-electron chi connectivity index (χ1n) is 8.29. The fourth-order valence-electron chi connectivity index (χ4n) is 2.88. The summed E-state index contributed by atoms with van der Waals surface area (Å²) in [7, 11) is 0. The molecule has 0 saturated carbocycles. The van der Waals surface area contributed by atoms with Gasteiger partial charge < -0.3 is 15.4 Å². The maximum atomic E-state index is 13.6. The van der Waals surface area contributed by atoms with Crippen molar-refractivity contribution in [1.82, 2.24) is 10.6 Å². The number of ether oxygens (including phenoxy) is 1. The highest BCUT2D eigenvalue weighted by atomic mass is 19.1. The number of benzene rings is 2. The first-order valence-corrected chi connectivity index (χ1v) is 8.29. The summed E-state index contributed by atoms with van der Waals surface area (Å²) in [5.74, 6) is -0.982. The number of hydrogen-bond acceptors (Lipinski definition) is 3. The standard InChI is InChI=1S/C20H19FN2O3/c1-13-17(19(24)26-11-10-14-6-3-2-4-7-14)18(23-20(25)22-13)15-8-5-9-16(21)12-15/h2-9,12,18H,10-11H2,1H3,(H2,22,23,25)/t18-/m0/s1. The molecule has 0 saturated heterocycles. The first-order chi connectivity index (χ1) is 12.5. The summed E-state index contributed by atoms with van der Waals surface area (Å²) < 4.78 is 19.0. The van der Waals surface area contributed by atoms with E-state index in [-0.39, 0.29) is 12.2 Å². The van der Waals surface area contributed by atoms with Crippen molar-refractivity contribution in [2.45, 2.75) is 19.4 Å². The lowest BCUT2D eigenvalue weighted by Crippen LogP contribution is -2.45. The second-order valence-electron chi connectivity index (χ2n) is 6.00. The smallest absolute Gasteiger partial charge is 0.338 e. The number of halogens is 1. The van der Waals surface area contributed by atoms with Crippen LogP contribution in [0.5, 0.6) is 0 Å². The normalized spacial score (nSPS) is 16.7. The van der Waals surface area contributed by atoms with Crippen LogP contribution < -0.4 is 10.6 Å². The lowest BCUT2D eigenvalue weighted by Gasteiger charge is -2.28. The van der Waals surface area contributed by atoms with Crippen molar-refractivity contribution < 1.29 is 18.7 Å². The Labute approximate surface area is 150 Å². The maximum Gasteiger partial charge on any atom is 0.338 e. The molecular formula is C20H19FN2O3. The van der Waals surface area contributed by atoms with Crippen molar-refractivity contribution in [3.05, 3.63) is 82.8 Å². The van der Waals surface area contributed by atoms with Crippen LogP contribution in [-0.4, -0.2) is 18.6 Å². The summed E-state index contributed by atoms with van der Waals surface area (Å²) >= 11 is 0. The molecular weight excluding hydrogens is 335 g/mol. The van der Waals surface area contributed by atoms with E-state index >= 15 is 0 Å². The molecule has 2 aromatic carbocycles. The van der Waals surface area contributed by atoms with Gasteiger partial charge in [-0.15, -0.1) is 0 Å². The fraction of sp³-hybridized carbons (Fsp3) is 0.200. The number of esters is 1. The zero-order valence-electron chi connectivity index (χ0n) is 14.3. The summed E-state index contributed by atoms with van der Waals surface area (Å²) in [6.45, 7) is 1.84. The monoisotopic (exact) mass is 354 g/mol. The molecule has 1 aliphatic heterocycles. The van der Waals surface area contributed by atoms with Gasteiger partial charge in [-0.1, -0.05) is 42.5 Å². The predicted molar refractivity (Wildman–Crippen MR) is 94.6 cm³/mol. The van der Waals surface area contributed by atoms with E-state index in [0.717, 1.165) is 5.56 Å². The summed E-state index contributed by atoms with van der Waals surface area (Å²) in [6.07, 6.45) is 0.587. The number of amides is 2. The van der Waals surface area contributed by atoms with Crippen molar-refractivity contribution in [1.29, 1.82) is 0 Å². The van der Waals surface area contributed by atoms with Crippen LogP contribution in [0.4, 0.5) is 9.18 Å². The molecule has 134 valence electrons. The van der Waals surface area contributed by atoms with Gasteiger partial charge >= 0.3 is 12.0 Å². The first kappa shape index (κ1) is 17.7. The third-order valence-corrected chi connectivity index (χ3v) is 4.14. The number of nitrogens with one attached hydrogen (secondary N) is 2. The molecule has 0 bridgehead atoms. The Morgan fingerprint density at radius 2 is 1.92 bits per heavy atom. The Hall–Kier alpha value is -3.15. The van der Waals surface area contributed by atoms with E-state index in [0.29, 0.717) is 17.7 Å². The van der Waals surface area contributed by atoms with Crippen LogP contribution in [-0.2, 0) is 16.0 Å². The minimum atomic E-state index is -0.760. The maximum absolute atomic E-state index is 13.6. The Morgan fingerprint density at radius 3 is 2.65 bits per heavy atom. The highest BCUT2D eigenvalue weighted by Crippen LogP contribution is 2.28. The molecule has 0 spiro atoms. The number of urea groups is 1. The van der Waals surface area contributed by atoms with Crippen LogP contribution in [0.1, 0.15) is 24.1 Å². The predicted octanol–water partition coefficient (Wildman–Crippen LogP) is 3.24. The summed E-state index contributed by atoms with van der Waals surface area (Å²) in [5.41, 5.74) is 2.20. The zero-order valence-corrected chi connectivity index (χ0v) is 14.3. The van der Waals surface area contributed by atoms with E-state index in [1.54, 1.807) is 13.0 Å². The van der Waals surface area contributed by atoms with E-state index in [4.69, 9.17) is 4.74 Å². The van der Waals surface area contributed by atoms with Crippen molar-refractivity contribution in [2.75, 3.05) is 6.61 Å². The lowest BCUT2D eigenvalue weighted by molar-refractivity contribution is -0.139. The Morgan fingerprint density at radius 1 is 1.15 bits per heavy atom. The van der Waals surface area contributed by atoms with Crippen LogP contribution in [0.2, 0.25) is 0 Å². The largest absolute Gasteiger partial charge is 0.462 e. The average Bonchev–Trinajstić information content (AvgIpc) is 2.62. The van der Waals surface area contributed by atoms with Gasteiger partial charge in [0.25, 0.3) is 0 Å². The third kappa shape index (κ3) is 4.08. The van der Waals surface area contributed by atoms with Gasteiger partial charge in [-0.2, -0.15) is 0 Å². The summed E-state index contributed by atoms with van der Waals surface area (Å²) in [4.78, 5) is 24.4. The van der Waals surface area contributed by atoms with Crippen molar-refractivity contribution in [2.24, 2.45) is 0 Å². The molecule has 2 N–H and O–H groups in total. The number of carbonyl (C=O) groups is 2. The number of hydrogen-bond donors (Lipinski definition) is 2. The number of rotatable bonds is 5. The molecule has 0 aromatic heterocycles. The number of allylic oxidation sites excluding steroid dienone is 1. The van der Waals surface area contributed by atoms with E-state index in [2.05, 4.69) is 10.6 Å². The second kappa shape index (κ2) is 7.82. The summed E-state index contributed by atoms with van der Waals surface area (Å²) in [6, 6.07) is 14.3. The number of carbonyl (C=O) groups excluding carboxylic acids is 2. The van der Waals surface area contributed by atoms with E-state index in [9.17, 15) is 14.0 Å². The van der Waals surface area contributed by atoms with Crippen LogP contribution in [0.15, 0.2) is 65.9 Å². The molecule has 6 heteroatoms. The van der Waals surface area contributed by atoms with Gasteiger partial charge in [0, 0.05) is 12.1 Å². The van der Waals surface area contributed by atoms with Crippen LogP contribution in [0.25, 0.3) is 0 Å². The highest BCUT2D eigenvalue weighted by molar-refractivity contribution is 5.95. The SMILES string of the molecule is CC1=C(C(=O)OCCc2ccccc2)[C@H](c2cccc(F)c2)NC(=O)N1. The van der Waals surface area contributed by atoms with Gasteiger partial charge in [0.1, 0.15) is 5.82 Å². The Bertz CT molecular complexity index is 849. The lowest BCUT2D eigenvalue weighted by atomic mass is 9.95. The van der Waals surface area contributed by atoms with Crippen molar-refractivity contribution in [3.63, 3.8) is 0 Å². The van der Waals surface area contributed by atoms with Gasteiger partial charge in [0.05, 0.1) is 18.2 Å². The molecule has 2 aromatic rings. The van der Waals surface area contributed by atoms with E-state index in [1.807, 2.05) is 30.3 Å². The van der Waals surface area contributed by atoms with Gasteiger partial charge in [0.15, 0.2) is 0 Å². The van der Waals surface area contributed by atoms with E-state index < -0.39 is 23.9 Å². The minimum Gasteiger partial charge on any atom is -0.462 e. The molecule has 1 atom stereocenters. The van der Waals surface area contributed by atoms with Gasteiger partial charge in [-0.3, -0.25) is 0 Å². The van der Waals surface area contributed by atoms with Gasteiger partial charge in [0.2, 0.25) is 0 Å². The van der Waals surface area contributed by atoms with Crippen molar-refractivity contribution in [3.8, 4) is 0 Å². The van der Waals surface area contributed by atoms with Crippen molar-refractivity contribution >= 4 is 12.0 Å². The van der Waals surface area contributed by atoms with E-state index in [1.165, 1.54) is 18.2 Å². The molecule has 26 heavy (non-hydrogen) atoms. The quantitative estimate of drug-likeness (QED) is 0.810. The summed E-state index contributed by atoms with van der Waals surface area (Å²) in [5, 5.41) is 5.22. The molecule has 1 heterocycles. The van der Waals surface area contributed by atoms with Crippen LogP contribution in [0, 0.1) is 5.82 Å². The second-order valence-corrected chi connectivity index (χ2v) is 6.00. The minimum absolute atomic E-state index is 0.212. The third-order valence-electron chi connectivity index (χ3n) is 4.14. The van der Waals surface area contributed by atoms with Gasteiger partial charge in [-0.25, -0.2) is 14.0 Å². The molecule has 0 radical (unpaired) electrons. The Balaban J connectivity index is 1.76. The molecule has 1 aliphatic rings. The fourth-order valence-corrected chi connectivity index (χ4v) is 2.88. The highest BCUT2D eigenvalue weighted by Gasteiger charge is 2.32. The Kier molecular flexibility index (Phi) is 5.31. The topological polar surface area (TPSA) is 67.4 Å². The average molecular weight is 354 g/mol. The molecule has 3 rings (SSSR count). The molecule has 0 fully saturated rings. The molecule has 0 aliphatic carbocycles. The molecule has 0 unspecified atom stereocenters. The van der Waals surface area contributed by atoms with Crippen LogP contribution >= 0.6 is 0 Å². The van der Waals surface area contributed by atoms with Crippen LogP contribution in [0.3, 0.4) is 0 Å². The van der Waals surface area contributed by atoms with Gasteiger partial charge in [-0.05, 0) is 30.2 Å². The zero-order chi connectivity index (χ0) is 18.5. The molecule has 5 nitrogen and oxygen atoms in total. The molecule has 2 amide bonds.